The molecule has 0 spiro atoms. The van der Waals surface area contributed by atoms with Crippen molar-refractivity contribution in [1.29, 1.82) is 0 Å². The lowest BCUT2D eigenvalue weighted by Crippen LogP contribution is -1.93. The Hall–Kier alpha value is -1.05. The van der Waals surface area contributed by atoms with Gasteiger partial charge in [0, 0.05) is 6.42 Å². The number of carboxylic acid groups (broad SMARTS) is 1. The smallest absolute Gasteiger partial charge is 0.303 e. The van der Waals surface area contributed by atoms with Gasteiger partial charge in [0.1, 0.15) is 0 Å². The van der Waals surface area contributed by atoms with Crippen LogP contribution in [0.4, 0.5) is 0 Å². The molecular formula is C11H18O2. The van der Waals surface area contributed by atoms with E-state index in [1.54, 1.807) is 6.08 Å². The van der Waals surface area contributed by atoms with Crippen LogP contribution in [0.25, 0.3) is 0 Å². The third-order valence-corrected chi connectivity index (χ3v) is 1.78. The average molecular weight is 182 g/mol. The Morgan fingerprint density at radius 2 is 1.92 bits per heavy atom. The molecule has 0 saturated heterocycles. The number of carboxylic acids is 1. The highest BCUT2D eigenvalue weighted by Gasteiger charge is 1.95. The summed E-state index contributed by atoms with van der Waals surface area (Å²) in [6.07, 6.45) is 11.3. The molecule has 0 heterocycles. The van der Waals surface area contributed by atoms with Gasteiger partial charge in [-0.05, 0) is 19.3 Å². The Morgan fingerprint density at radius 3 is 2.54 bits per heavy atom. The van der Waals surface area contributed by atoms with Gasteiger partial charge in [0.2, 0.25) is 0 Å². The Balaban J connectivity index is 3.03. The lowest BCUT2D eigenvalue weighted by Gasteiger charge is -1.96. The first-order valence-electron chi connectivity index (χ1n) is 4.76. The van der Waals surface area contributed by atoms with Crippen molar-refractivity contribution >= 4 is 5.97 Å². The van der Waals surface area contributed by atoms with Crippen LogP contribution in [0.5, 0.6) is 0 Å². The minimum Gasteiger partial charge on any atom is -0.481 e. The standard InChI is InChI=1S/C11H18O2/c1-2-3-4-5-6-7-8-9-10-11(12)13/h2-4H,1,5-10H2,(H,12,13)/b4-3+. The van der Waals surface area contributed by atoms with E-state index in [0.29, 0.717) is 6.42 Å². The third kappa shape index (κ3) is 10.9. The molecule has 0 fully saturated rings. The summed E-state index contributed by atoms with van der Waals surface area (Å²) in [5.74, 6) is -0.688. The van der Waals surface area contributed by atoms with E-state index < -0.39 is 5.97 Å². The molecule has 0 aromatic carbocycles. The van der Waals surface area contributed by atoms with Gasteiger partial charge in [-0.25, -0.2) is 0 Å². The second-order valence-electron chi connectivity index (χ2n) is 3.01. The predicted octanol–water partition coefficient (Wildman–Crippen LogP) is 3.15. The zero-order valence-corrected chi connectivity index (χ0v) is 8.04. The number of hydrogen-bond acceptors (Lipinski definition) is 1. The summed E-state index contributed by atoms with van der Waals surface area (Å²) in [5, 5.41) is 8.36. The molecule has 0 aliphatic rings. The number of aliphatic carboxylic acids is 1. The molecular weight excluding hydrogens is 164 g/mol. The number of allylic oxidation sites excluding steroid dienone is 3. The molecule has 0 amide bonds. The van der Waals surface area contributed by atoms with Crippen molar-refractivity contribution in [3.8, 4) is 0 Å². The van der Waals surface area contributed by atoms with Crippen LogP contribution >= 0.6 is 0 Å². The number of unbranched alkanes of at least 4 members (excludes halogenated alkanes) is 4. The minimum atomic E-state index is -0.688. The van der Waals surface area contributed by atoms with Gasteiger partial charge >= 0.3 is 5.97 Å². The van der Waals surface area contributed by atoms with Crippen molar-refractivity contribution in [3.05, 3.63) is 24.8 Å². The number of hydrogen-bond donors (Lipinski definition) is 1. The molecule has 0 unspecified atom stereocenters. The molecule has 2 nitrogen and oxygen atoms in total. The van der Waals surface area contributed by atoms with Gasteiger partial charge in [-0.1, -0.05) is 37.6 Å². The second-order valence-corrected chi connectivity index (χ2v) is 3.01. The van der Waals surface area contributed by atoms with Gasteiger partial charge in [-0.15, -0.1) is 0 Å². The summed E-state index contributed by atoms with van der Waals surface area (Å²) in [6.45, 7) is 3.58. The van der Waals surface area contributed by atoms with Crippen LogP contribution < -0.4 is 0 Å². The fraction of sp³-hybridized carbons (Fsp3) is 0.545. The van der Waals surface area contributed by atoms with Crippen LogP contribution in [-0.4, -0.2) is 11.1 Å². The molecule has 0 aliphatic heterocycles. The first-order chi connectivity index (χ1) is 6.27. The monoisotopic (exact) mass is 182 g/mol. The molecule has 0 atom stereocenters. The van der Waals surface area contributed by atoms with E-state index >= 15 is 0 Å². The van der Waals surface area contributed by atoms with E-state index in [2.05, 4.69) is 12.7 Å². The highest BCUT2D eigenvalue weighted by atomic mass is 16.4. The molecule has 2 heteroatoms. The molecule has 0 aromatic rings. The van der Waals surface area contributed by atoms with E-state index in [0.717, 1.165) is 32.1 Å². The molecule has 0 rings (SSSR count). The van der Waals surface area contributed by atoms with E-state index in [1.807, 2.05) is 6.08 Å². The van der Waals surface area contributed by atoms with E-state index in [1.165, 1.54) is 0 Å². The summed E-state index contributed by atoms with van der Waals surface area (Å²) in [7, 11) is 0. The first kappa shape index (κ1) is 11.9. The summed E-state index contributed by atoms with van der Waals surface area (Å²) >= 11 is 0. The fourth-order valence-electron chi connectivity index (χ4n) is 1.08. The maximum Gasteiger partial charge on any atom is 0.303 e. The largest absolute Gasteiger partial charge is 0.481 e. The van der Waals surface area contributed by atoms with E-state index in [4.69, 9.17) is 5.11 Å². The fourth-order valence-corrected chi connectivity index (χ4v) is 1.08. The van der Waals surface area contributed by atoms with Crippen molar-refractivity contribution in [2.24, 2.45) is 0 Å². The molecule has 1 N–H and O–H groups in total. The number of carbonyl (C=O) groups is 1. The molecule has 0 bridgehead atoms. The second kappa shape index (κ2) is 9.04. The Bertz CT molecular complexity index is 171. The number of rotatable bonds is 8. The van der Waals surface area contributed by atoms with Crippen LogP contribution in [0.15, 0.2) is 24.8 Å². The van der Waals surface area contributed by atoms with Crippen molar-refractivity contribution in [3.63, 3.8) is 0 Å². The minimum absolute atomic E-state index is 0.308. The molecule has 0 radical (unpaired) electrons. The highest BCUT2D eigenvalue weighted by Crippen LogP contribution is 2.05. The van der Waals surface area contributed by atoms with Crippen LogP contribution in [-0.2, 0) is 4.79 Å². The predicted molar refractivity (Wildman–Crippen MR) is 54.7 cm³/mol. The van der Waals surface area contributed by atoms with Crippen LogP contribution in [0.2, 0.25) is 0 Å². The van der Waals surface area contributed by atoms with Gasteiger partial charge in [-0.2, -0.15) is 0 Å². The normalized spacial score (nSPS) is 10.5. The van der Waals surface area contributed by atoms with Gasteiger partial charge in [0.15, 0.2) is 0 Å². The van der Waals surface area contributed by atoms with E-state index in [9.17, 15) is 4.79 Å². The summed E-state index contributed by atoms with van der Waals surface area (Å²) in [4.78, 5) is 10.2. The maximum atomic E-state index is 10.2. The average Bonchev–Trinajstić information content (AvgIpc) is 2.09. The SMILES string of the molecule is C=C/C=C/CCCCCCC(=O)O. The lowest BCUT2D eigenvalue weighted by molar-refractivity contribution is -0.137. The topological polar surface area (TPSA) is 37.3 Å². The zero-order valence-electron chi connectivity index (χ0n) is 8.04. The van der Waals surface area contributed by atoms with Gasteiger partial charge in [0.25, 0.3) is 0 Å². The van der Waals surface area contributed by atoms with Crippen LogP contribution in [0.3, 0.4) is 0 Å². The lowest BCUT2D eigenvalue weighted by atomic mass is 10.1. The maximum absolute atomic E-state index is 10.2. The van der Waals surface area contributed by atoms with Crippen molar-refractivity contribution in [2.45, 2.75) is 38.5 Å². The summed E-state index contributed by atoms with van der Waals surface area (Å²) < 4.78 is 0. The van der Waals surface area contributed by atoms with Crippen LogP contribution in [0.1, 0.15) is 38.5 Å². The van der Waals surface area contributed by atoms with Crippen molar-refractivity contribution in [2.75, 3.05) is 0 Å². The quantitative estimate of drug-likeness (QED) is 0.462. The van der Waals surface area contributed by atoms with Gasteiger partial charge in [0.05, 0.1) is 0 Å². The summed E-state index contributed by atoms with van der Waals surface area (Å²) in [6, 6.07) is 0. The Labute approximate surface area is 80.0 Å². The third-order valence-electron chi connectivity index (χ3n) is 1.78. The Kier molecular flexibility index (Phi) is 8.31. The van der Waals surface area contributed by atoms with E-state index in [-0.39, 0.29) is 0 Å². The zero-order chi connectivity index (χ0) is 9.94. The summed E-state index contributed by atoms with van der Waals surface area (Å²) in [5.41, 5.74) is 0. The van der Waals surface area contributed by atoms with Gasteiger partial charge < -0.3 is 5.11 Å². The van der Waals surface area contributed by atoms with Crippen molar-refractivity contribution in [1.82, 2.24) is 0 Å². The molecule has 0 aromatic heterocycles. The first-order valence-corrected chi connectivity index (χ1v) is 4.76. The molecule has 0 saturated carbocycles. The molecule has 0 aliphatic carbocycles. The Morgan fingerprint density at radius 1 is 1.23 bits per heavy atom. The van der Waals surface area contributed by atoms with Crippen molar-refractivity contribution < 1.29 is 9.90 Å². The van der Waals surface area contributed by atoms with Crippen LogP contribution in [0, 0.1) is 0 Å². The molecule has 74 valence electrons. The van der Waals surface area contributed by atoms with Gasteiger partial charge in [-0.3, -0.25) is 4.79 Å². The molecule has 13 heavy (non-hydrogen) atoms. The highest BCUT2D eigenvalue weighted by molar-refractivity contribution is 5.66.